The molecule has 0 unspecified atom stereocenters. The molecule has 0 aliphatic rings. The third kappa shape index (κ3) is 47.0. The Balaban J connectivity index is 0. The van der Waals surface area contributed by atoms with Crippen LogP contribution < -0.4 is 62.9 Å². The van der Waals surface area contributed by atoms with Gasteiger partial charge in [-0.15, -0.1) is 0 Å². The summed E-state index contributed by atoms with van der Waals surface area (Å²) in [6.07, 6.45) is 0. The summed E-state index contributed by atoms with van der Waals surface area (Å²) in [5, 5.41) is 0. The first-order chi connectivity index (χ1) is 0. The van der Waals surface area contributed by atoms with Crippen LogP contribution in [0.3, 0.4) is 0 Å². The molecule has 0 aromatic heterocycles. The van der Waals surface area contributed by atoms with Gasteiger partial charge >= 0.3 is 58.2 Å². The van der Waals surface area contributed by atoms with Crippen LogP contribution in [-0.2, 0) is 0 Å². The summed E-state index contributed by atoms with van der Waals surface area (Å²) < 4.78 is 0. The normalized spacial score (nSPS) is 0. The van der Waals surface area contributed by atoms with Crippen LogP contribution in [0.1, 0.15) is 0 Å². The predicted octanol–water partition coefficient (Wildman–Crippen LogP) is -9.29. The minimum Gasteiger partial charge on any atom is -1.00 e. The van der Waals surface area contributed by atoms with Crippen molar-refractivity contribution in [2.75, 3.05) is 0 Å². The first kappa shape index (κ1) is 132. The van der Waals surface area contributed by atoms with Crippen molar-refractivity contribution in [1.29, 1.82) is 0 Å². The molecule has 0 atom stereocenters. The van der Waals surface area contributed by atoms with Crippen LogP contribution in [0.2, 0.25) is 0 Å². The second-order valence-electron chi connectivity index (χ2n) is 0. The molecule has 0 aromatic carbocycles. The van der Waals surface area contributed by atoms with Gasteiger partial charge in [0.05, 0.1) is 0 Å². The smallest absolute Gasteiger partial charge is 1.00 e. The second-order valence-corrected chi connectivity index (χ2v) is 0. The van der Waals surface area contributed by atoms with Crippen LogP contribution in [0, 0.1) is 0 Å². The molecule has 0 radical (unpaired) electrons. The standard InChI is InChI=1S/FH.4H2O.Rb/h1H;4*1H2;/q;;;;;+1/p-1. The average molecular weight is 177 g/mol. The third-order valence-electron chi connectivity index (χ3n) is 0. The Labute approximate surface area is 83.3 Å². The fourth-order valence-electron chi connectivity index (χ4n) is 0. The minimum absolute atomic E-state index is 0. The number of hydrogen-bond acceptors (Lipinski definition) is 0. The van der Waals surface area contributed by atoms with Gasteiger partial charge in [0.1, 0.15) is 0 Å². The molecule has 6 heteroatoms. The molecule has 0 spiro atoms. The Morgan fingerprint density at radius 1 is 0.500 bits per heavy atom. The van der Waals surface area contributed by atoms with Crippen molar-refractivity contribution in [3.05, 3.63) is 0 Å². The molecule has 0 amide bonds. The van der Waals surface area contributed by atoms with Gasteiger partial charge in [0.15, 0.2) is 0 Å². The van der Waals surface area contributed by atoms with E-state index in [1.165, 1.54) is 0 Å². The van der Waals surface area contributed by atoms with Gasteiger partial charge in [-0.1, -0.05) is 0 Å². The van der Waals surface area contributed by atoms with Crippen LogP contribution in [0.5, 0.6) is 0 Å². The van der Waals surface area contributed by atoms with Gasteiger partial charge in [0, 0.05) is 0 Å². The first-order valence-corrected chi connectivity index (χ1v) is 0. The van der Waals surface area contributed by atoms with Crippen LogP contribution >= 0.6 is 0 Å². The molecule has 0 rings (SSSR count). The van der Waals surface area contributed by atoms with Crippen molar-refractivity contribution in [2.24, 2.45) is 0 Å². The largest absolute Gasteiger partial charge is 1.00 e. The molecule has 0 saturated heterocycles. The van der Waals surface area contributed by atoms with Gasteiger partial charge in [-0.2, -0.15) is 0 Å². The topological polar surface area (TPSA) is 126 Å². The molecule has 0 heterocycles. The Kier molecular flexibility index (Phi) is 1810. The van der Waals surface area contributed by atoms with Crippen LogP contribution in [0.4, 0.5) is 0 Å². The molecular formula is H8FO4Rb. The van der Waals surface area contributed by atoms with Crippen molar-refractivity contribution in [1.82, 2.24) is 0 Å². The second kappa shape index (κ2) is 82.4. The monoisotopic (exact) mass is 176 g/mol. The summed E-state index contributed by atoms with van der Waals surface area (Å²) >= 11 is 0. The summed E-state index contributed by atoms with van der Waals surface area (Å²) in [5.41, 5.74) is 0. The Morgan fingerprint density at radius 3 is 0.500 bits per heavy atom. The maximum Gasteiger partial charge on any atom is 1.00 e. The van der Waals surface area contributed by atoms with Gasteiger partial charge in [-0.05, 0) is 0 Å². The molecule has 6 heavy (non-hydrogen) atoms. The minimum atomic E-state index is 0. The van der Waals surface area contributed by atoms with E-state index in [1.807, 2.05) is 0 Å². The zero-order chi connectivity index (χ0) is 0. The van der Waals surface area contributed by atoms with E-state index in [4.69, 9.17) is 0 Å². The predicted molar refractivity (Wildman–Crippen MR) is 14.5 cm³/mol. The third-order valence-corrected chi connectivity index (χ3v) is 0. The molecule has 0 aliphatic heterocycles. The van der Waals surface area contributed by atoms with E-state index in [0.717, 1.165) is 0 Å². The van der Waals surface area contributed by atoms with Crippen molar-refractivity contribution in [2.45, 2.75) is 0 Å². The number of hydrogen-bond donors (Lipinski definition) is 0. The molecule has 0 aromatic rings. The van der Waals surface area contributed by atoms with Crippen LogP contribution in [0.15, 0.2) is 0 Å². The molecule has 40 valence electrons. The molecule has 0 aliphatic carbocycles. The van der Waals surface area contributed by atoms with E-state index in [-0.39, 0.29) is 84.8 Å². The fourth-order valence-corrected chi connectivity index (χ4v) is 0. The van der Waals surface area contributed by atoms with Gasteiger partial charge in [0.2, 0.25) is 0 Å². The van der Waals surface area contributed by atoms with E-state index >= 15 is 0 Å². The SMILES string of the molecule is O.O.O.O.[F-].[Rb+]. The fraction of sp³-hybridized carbons (Fsp3) is 0. The Hall–Kier alpha value is 1.58. The number of halogens is 1. The summed E-state index contributed by atoms with van der Waals surface area (Å²) in [5.74, 6) is 0. The van der Waals surface area contributed by atoms with Crippen molar-refractivity contribution in [3.8, 4) is 0 Å². The van der Waals surface area contributed by atoms with Gasteiger partial charge < -0.3 is 26.6 Å². The summed E-state index contributed by atoms with van der Waals surface area (Å²) in [4.78, 5) is 0. The first-order valence-electron chi connectivity index (χ1n) is 0. The van der Waals surface area contributed by atoms with E-state index in [0.29, 0.717) is 0 Å². The van der Waals surface area contributed by atoms with Gasteiger partial charge in [0.25, 0.3) is 0 Å². The Bertz CT molecular complexity index is 7.51. The summed E-state index contributed by atoms with van der Waals surface area (Å²) in [7, 11) is 0. The van der Waals surface area contributed by atoms with Crippen molar-refractivity contribution in [3.63, 3.8) is 0 Å². The average Bonchev–Trinajstić information content (AvgIpc) is 0. The number of rotatable bonds is 0. The maximum atomic E-state index is 0. The van der Waals surface area contributed by atoms with E-state index in [9.17, 15) is 0 Å². The molecule has 0 bridgehead atoms. The zero-order valence-electron chi connectivity index (χ0n) is 3.38. The Morgan fingerprint density at radius 2 is 0.500 bits per heavy atom. The zero-order valence-corrected chi connectivity index (χ0v) is 8.29. The molecule has 4 nitrogen and oxygen atoms in total. The van der Waals surface area contributed by atoms with Crippen molar-refractivity contribution < 1.29 is 84.8 Å². The van der Waals surface area contributed by atoms with Gasteiger partial charge in [-0.3, -0.25) is 0 Å². The molecule has 8 N–H and O–H groups in total. The van der Waals surface area contributed by atoms with E-state index in [2.05, 4.69) is 0 Å². The van der Waals surface area contributed by atoms with Crippen LogP contribution in [0.25, 0.3) is 0 Å². The molecular weight excluding hydrogens is 168 g/mol. The molecule has 0 saturated carbocycles. The van der Waals surface area contributed by atoms with Gasteiger partial charge in [-0.25, -0.2) is 0 Å². The summed E-state index contributed by atoms with van der Waals surface area (Å²) in [6, 6.07) is 0. The van der Waals surface area contributed by atoms with E-state index < -0.39 is 0 Å². The van der Waals surface area contributed by atoms with Crippen molar-refractivity contribution >= 4 is 0 Å². The van der Waals surface area contributed by atoms with Crippen LogP contribution in [-0.4, -0.2) is 21.9 Å². The quantitative estimate of drug-likeness (QED) is 0.348. The van der Waals surface area contributed by atoms with E-state index in [1.54, 1.807) is 0 Å². The molecule has 0 fully saturated rings. The maximum absolute atomic E-state index is 0. The summed E-state index contributed by atoms with van der Waals surface area (Å²) in [6.45, 7) is 0.